The van der Waals surface area contributed by atoms with Crippen molar-refractivity contribution < 1.29 is 18.7 Å². The van der Waals surface area contributed by atoms with Crippen molar-refractivity contribution in [2.24, 2.45) is 0 Å². The van der Waals surface area contributed by atoms with E-state index >= 15 is 0 Å². The Balaban J connectivity index is 1.81. The van der Waals surface area contributed by atoms with Crippen LogP contribution in [0.2, 0.25) is 0 Å². The van der Waals surface area contributed by atoms with Crippen LogP contribution in [-0.4, -0.2) is 31.6 Å². The first-order chi connectivity index (χ1) is 8.69. The maximum Gasteiger partial charge on any atom is 0.341 e. The third-order valence-corrected chi connectivity index (χ3v) is 2.91. The summed E-state index contributed by atoms with van der Waals surface area (Å²) in [5.41, 5.74) is 0.409. The van der Waals surface area contributed by atoms with E-state index in [0.717, 1.165) is 6.42 Å². The van der Waals surface area contributed by atoms with Gasteiger partial charge in [-0.2, -0.15) is 0 Å². The molecule has 0 saturated carbocycles. The number of piperidine rings is 1. The molecule has 2 heterocycles. The van der Waals surface area contributed by atoms with Crippen LogP contribution in [0.15, 0.2) is 16.7 Å². The summed E-state index contributed by atoms with van der Waals surface area (Å²) in [6.07, 6.45) is 2.74. The maximum atomic E-state index is 11.2. The van der Waals surface area contributed by atoms with Gasteiger partial charge in [-0.05, 0) is 12.5 Å². The molecule has 98 valence electrons. The van der Waals surface area contributed by atoms with E-state index in [1.165, 1.54) is 13.4 Å². The highest BCUT2D eigenvalue weighted by atomic mass is 16.5. The molecule has 1 unspecified atom stereocenters. The number of esters is 1. The number of furan rings is 1. The quantitative estimate of drug-likeness (QED) is 0.760. The number of carbonyl (C=O) groups is 2. The summed E-state index contributed by atoms with van der Waals surface area (Å²) in [6, 6.07) is 1.90. The van der Waals surface area contributed by atoms with Gasteiger partial charge in [-0.3, -0.25) is 4.79 Å². The average molecular weight is 252 g/mol. The summed E-state index contributed by atoms with van der Waals surface area (Å²) in [5, 5.41) is 6.06. The topological polar surface area (TPSA) is 80.6 Å². The molecule has 0 radical (unpaired) electrons. The number of nitrogens with one attached hydrogen (secondary N) is 2. The van der Waals surface area contributed by atoms with Gasteiger partial charge in [0.1, 0.15) is 12.0 Å². The van der Waals surface area contributed by atoms with Gasteiger partial charge < -0.3 is 19.8 Å². The van der Waals surface area contributed by atoms with Gasteiger partial charge in [0.25, 0.3) is 0 Å². The zero-order valence-electron chi connectivity index (χ0n) is 10.2. The van der Waals surface area contributed by atoms with Crippen molar-refractivity contribution in [1.29, 1.82) is 0 Å². The van der Waals surface area contributed by atoms with E-state index in [4.69, 9.17) is 4.42 Å². The molecule has 6 heteroatoms. The zero-order valence-corrected chi connectivity index (χ0v) is 10.2. The lowest BCUT2D eigenvalue weighted by atomic mass is 10.1. The summed E-state index contributed by atoms with van der Waals surface area (Å²) >= 11 is 0. The Hall–Kier alpha value is -1.82. The van der Waals surface area contributed by atoms with Crippen LogP contribution in [0.4, 0.5) is 0 Å². The predicted molar refractivity (Wildman–Crippen MR) is 62.9 cm³/mol. The normalized spacial score (nSPS) is 19.4. The molecule has 1 aromatic heterocycles. The van der Waals surface area contributed by atoms with Crippen molar-refractivity contribution in [3.8, 4) is 0 Å². The first-order valence-corrected chi connectivity index (χ1v) is 5.85. The first kappa shape index (κ1) is 12.6. The van der Waals surface area contributed by atoms with E-state index in [0.29, 0.717) is 30.8 Å². The molecular formula is C12H16N2O4. The van der Waals surface area contributed by atoms with Gasteiger partial charge in [-0.15, -0.1) is 0 Å². The fourth-order valence-corrected chi connectivity index (χ4v) is 1.85. The van der Waals surface area contributed by atoms with Gasteiger partial charge in [0.15, 0.2) is 0 Å². The molecule has 2 N–H and O–H groups in total. The second-order valence-electron chi connectivity index (χ2n) is 4.21. The molecule has 1 fully saturated rings. The Kier molecular flexibility index (Phi) is 3.99. The fraction of sp³-hybridized carbons (Fsp3) is 0.500. The number of hydrogen-bond donors (Lipinski definition) is 2. The van der Waals surface area contributed by atoms with Crippen molar-refractivity contribution in [3.05, 3.63) is 23.7 Å². The van der Waals surface area contributed by atoms with E-state index in [9.17, 15) is 9.59 Å². The predicted octanol–water partition coefficient (Wildman–Crippen LogP) is 0.434. The summed E-state index contributed by atoms with van der Waals surface area (Å²) in [4.78, 5) is 22.2. The summed E-state index contributed by atoms with van der Waals surface area (Å²) in [7, 11) is 1.33. The van der Waals surface area contributed by atoms with Gasteiger partial charge in [-0.25, -0.2) is 4.79 Å². The molecule has 0 spiro atoms. The molecule has 1 amide bonds. The molecule has 0 aromatic carbocycles. The summed E-state index contributed by atoms with van der Waals surface area (Å²) in [6.45, 7) is 1.15. The van der Waals surface area contributed by atoms with Crippen LogP contribution in [0.25, 0.3) is 0 Å². The van der Waals surface area contributed by atoms with E-state index in [1.807, 2.05) is 0 Å². The SMILES string of the molecule is COC(=O)c1coc(CNC2CCC(=O)NC2)c1. The lowest BCUT2D eigenvalue weighted by Crippen LogP contribution is -2.45. The van der Waals surface area contributed by atoms with Crippen LogP contribution in [0.5, 0.6) is 0 Å². The molecule has 0 bridgehead atoms. The molecular weight excluding hydrogens is 236 g/mol. The van der Waals surface area contributed by atoms with Gasteiger partial charge in [-0.1, -0.05) is 0 Å². The second-order valence-corrected chi connectivity index (χ2v) is 4.21. The number of methoxy groups -OCH3 is 1. The maximum absolute atomic E-state index is 11.2. The minimum atomic E-state index is -0.407. The van der Waals surface area contributed by atoms with Crippen molar-refractivity contribution in [1.82, 2.24) is 10.6 Å². The molecule has 0 aliphatic carbocycles. The van der Waals surface area contributed by atoms with Gasteiger partial charge in [0.2, 0.25) is 5.91 Å². The van der Waals surface area contributed by atoms with Gasteiger partial charge in [0, 0.05) is 19.0 Å². The highest BCUT2D eigenvalue weighted by molar-refractivity contribution is 5.88. The van der Waals surface area contributed by atoms with Gasteiger partial charge >= 0.3 is 5.97 Å². The average Bonchev–Trinajstić information content (AvgIpc) is 2.86. The van der Waals surface area contributed by atoms with E-state index in [-0.39, 0.29) is 11.9 Å². The Labute approximate surface area is 105 Å². The minimum Gasteiger partial charge on any atom is -0.467 e. The Morgan fingerprint density at radius 3 is 3.17 bits per heavy atom. The number of carbonyl (C=O) groups excluding carboxylic acids is 2. The van der Waals surface area contributed by atoms with E-state index in [2.05, 4.69) is 15.4 Å². The molecule has 1 aromatic rings. The third-order valence-electron chi connectivity index (χ3n) is 2.91. The number of amides is 1. The van der Waals surface area contributed by atoms with Crippen LogP contribution in [0, 0.1) is 0 Å². The smallest absolute Gasteiger partial charge is 0.341 e. The number of ether oxygens (including phenoxy) is 1. The summed E-state index contributed by atoms with van der Waals surface area (Å²) < 4.78 is 9.84. The van der Waals surface area contributed by atoms with Crippen LogP contribution < -0.4 is 10.6 Å². The Bertz CT molecular complexity index is 431. The first-order valence-electron chi connectivity index (χ1n) is 5.85. The molecule has 1 saturated heterocycles. The highest BCUT2D eigenvalue weighted by Gasteiger charge is 2.18. The van der Waals surface area contributed by atoms with Crippen molar-refractivity contribution in [3.63, 3.8) is 0 Å². The lowest BCUT2D eigenvalue weighted by Gasteiger charge is -2.22. The van der Waals surface area contributed by atoms with Crippen molar-refractivity contribution in [2.75, 3.05) is 13.7 Å². The van der Waals surface area contributed by atoms with Gasteiger partial charge in [0.05, 0.1) is 19.2 Å². The monoisotopic (exact) mass is 252 g/mol. The Morgan fingerprint density at radius 1 is 1.67 bits per heavy atom. The van der Waals surface area contributed by atoms with Crippen LogP contribution in [-0.2, 0) is 16.1 Å². The van der Waals surface area contributed by atoms with Crippen molar-refractivity contribution in [2.45, 2.75) is 25.4 Å². The Morgan fingerprint density at radius 2 is 2.50 bits per heavy atom. The van der Waals surface area contributed by atoms with Crippen LogP contribution in [0.1, 0.15) is 29.0 Å². The molecule has 1 atom stereocenters. The zero-order chi connectivity index (χ0) is 13.0. The molecule has 1 aliphatic rings. The largest absolute Gasteiger partial charge is 0.467 e. The minimum absolute atomic E-state index is 0.0963. The van der Waals surface area contributed by atoms with E-state index < -0.39 is 5.97 Å². The number of rotatable bonds is 4. The lowest BCUT2D eigenvalue weighted by molar-refractivity contribution is -0.122. The highest BCUT2D eigenvalue weighted by Crippen LogP contribution is 2.10. The third kappa shape index (κ3) is 3.10. The summed E-state index contributed by atoms with van der Waals surface area (Å²) in [5.74, 6) is 0.362. The van der Waals surface area contributed by atoms with Crippen LogP contribution >= 0.6 is 0 Å². The molecule has 1 aliphatic heterocycles. The molecule has 2 rings (SSSR count). The fourth-order valence-electron chi connectivity index (χ4n) is 1.85. The standard InChI is InChI=1S/C12H16N2O4/c1-17-12(16)8-4-10(18-7-8)6-13-9-2-3-11(15)14-5-9/h4,7,9,13H,2-3,5-6H2,1H3,(H,14,15). The van der Waals surface area contributed by atoms with E-state index in [1.54, 1.807) is 6.07 Å². The molecule has 18 heavy (non-hydrogen) atoms. The van der Waals surface area contributed by atoms with Crippen molar-refractivity contribution >= 4 is 11.9 Å². The second kappa shape index (κ2) is 5.68. The number of hydrogen-bond acceptors (Lipinski definition) is 5. The molecule has 6 nitrogen and oxygen atoms in total. The van der Waals surface area contributed by atoms with Crippen LogP contribution in [0.3, 0.4) is 0 Å².